The van der Waals surface area contributed by atoms with Crippen LogP contribution in [0.2, 0.25) is 0 Å². The third-order valence-corrected chi connectivity index (χ3v) is 7.14. The Morgan fingerprint density at radius 3 is 1.90 bits per heavy atom. The molecule has 0 unspecified atom stereocenters. The van der Waals surface area contributed by atoms with E-state index in [-0.39, 0.29) is 5.41 Å². The van der Waals surface area contributed by atoms with E-state index in [9.17, 15) is 26.0 Å². The van der Waals surface area contributed by atoms with Crippen LogP contribution in [0, 0.1) is 17.0 Å². The Bertz CT molecular complexity index is 1080. The zero-order chi connectivity index (χ0) is 21.0. The number of sulfone groups is 1. The third kappa shape index (κ3) is 3.43. The highest BCUT2D eigenvalue weighted by atomic mass is 32.2. The first-order chi connectivity index (χ1) is 13.7. The van der Waals surface area contributed by atoms with Gasteiger partial charge in [-0.3, -0.25) is 0 Å². The summed E-state index contributed by atoms with van der Waals surface area (Å²) in [7, 11) is -3.48. The fourth-order valence-electron chi connectivity index (χ4n) is 3.99. The van der Waals surface area contributed by atoms with Crippen LogP contribution in [0.15, 0.2) is 41.3 Å². The zero-order valence-corrected chi connectivity index (χ0v) is 16.3. The van der Waals surface area contributed by atoms with E-state index in [1.54, 1.807) is 0 Å². The maximum Gasteiger partial charge on any atom is 0.341 e. The Kier molecular flexibility index (Phi) is 4.72. The number of ether oxygens (including phenoxy) is 1. The lowest BCUT2D eigenvalue weighted by Crippen LogP contribution is -2.11. The molecule has 2 aliphatic rings. The summed E-state index contributed by atoms with van der Waals surface area (Å²) in [4.78, 5) is -0.459. The lowest BCUT2D eigenvalue weighted by atomic mass is 9.97. The number of hydrogen-bond acceptors (Lipinski definition) is 3. The number of halogens is 4. The molecule has 0 heterocycles. The first-order valence-corrected chi connectivity index (χ1v) is 10.6. The summed E-state index contributed by atoms with van der Waals surface area (Å²) < 4.78 is 82.0. The van der Waals surface area contributed by atoms with Crippen LogP contribution in [0.4, 0.5) is 17.6 Å². The minimum atomic E-state index is -4.67. The van der Waals surface area contributed by atoms with E-state index in [0.29, 0.717) is 24.0 Å². The maximum atomic E-state index is 14.2. The van der Waals surface area contributed by atoms with Crippen molar-refractivity contribution in [3.63, 3.8) is 0 Å². The van der Waals surface area contributed by atoms with Gasteiger partial charge in [-0.2, -0.15) is 8.78 Å². The van der Waals surface area contributed by atoms with Gasteiger partial charge in [-0.15, -0.1) is 0 Å². The minimum absolute atomic E-state index is 0.0608. The molecule has 0 saturated heterocycles. The van der Waals surface area contributed by atoms with Gasteiger partial charge in [0.2, 0.25) is 9.84 Å². The van der Waals surface area contributed by atoms with Crippen LogP contribution in [0.1, 0.15) is 36.8 Å². The van der Waals surface area contributed by atoms with E-state index in [1.807, 2.05) is 0 Å². The van der Waals surface area contributed by atoms with Crippen LogP contribution < -0.4 is 4.74 Å². The largest absolute Gasteiger partial charge is 0.491 e. The predicted molar refractivity (Wildman–Crippen MR) is 100 cm³/mol. The molecule has 0 aliphatic heterocycles. The van der Waals surface area contributed by atoms with Crippen molar-refractivity contribution in [1.29, 1.82) is 0 Å². The van der Waals surface area contributed by atoms with Crippen molar-refractivity contribution < 1.29 is 30.7 Å². The van der Waals surface area contributed by atoms with Crippen molar-refractivity contribution in [1.82, 2.24) is 0 Å². The number of benzene rings is 2. The average molecular weight is 426 g/mol. The highest BCUT2D eigenvalue weighted by molar-refractivity contribution is 7.91. The molecule has 1 fully saturated rings. The van der Waals surface area contributed by atoms with Gasteiger partial charge in [0.1, 0.15) is 0 Å². The molecule has 2 aromatic carbocycles. The second kappa shape index (κ2) is 6.86. The quantitative estimate of drug-likeness (QED) is 0.597. The number of allylic oxidation sites excluding steroid dienone is 2. The molecule has 8 heteroatoms. The van der Waals surface area contributed by atoms with Crippen molar-refractivity contribution in [2.75, 3.05) is 7.11 Å². The summed E-state index contributed by atoms with van der Waals surface area (Å²) in [6.07, 6.45) is 3.35. The second-order valence-electron chi connectivity index (χ2n) is 7.61. The second-order valence-corrected chi connectivity index (χ2v) is 9.53. The number of rotatable bonds is 5. The summed E-state index contributed by atoms with van der Waals surface area (Å²) in [5, 5.41) is 0. The van der Waals surface area contributed by atoms with Crippen LogP contribution in [0.3, 0.4) is 0 Å². The molecule has 2 aromatic rings. The van der Waals surface area contributed by atoms with E-state index in [1.165, 1.54) is 31.4 Å². The van der Waals surface area contributed by atoms with Crippen molar-refractivity contribution in [2.24, 2.45) is 5.41 Å². The summed E-state index contributed by atoms with van der Waals surface area (Å²) in [6.45, 7) is 0. The molecule has 0 radical (unpaired) electrons. The topological polar surface area (TPSA) is 43.4 Å². The zero-order valence-electron chi connectivity index (χ0n) is 15.5. The van der Waals surface area contributed by atoms with Crippen LogP contribution >= 0.6 is 0 Å². The Hall–Kier alpha value is -2.35. The molecule has 1 spiro atoms. The highest BCUT2D eigenvalue weighted by Crippen LogP contribution is 2.63. The van der Waals surface area contributed by atoms with Gasteiger partial charge in [-0.1, -0.05) is 12.1 Å². The third-order valence-electron chi connectivity index (χ3n) is 5.74. The van der Waals surface area contributed by atoms with Crippen LogP contribution in [-0.2, 0) is 9.84 Å². The molecule has 154 valence electrons. The fraction of sp³-hybridized carbons (Fsp3) is 0.333. The van der Waals surface area contributed by atoms with Gasteiger partial charge < -0.3 is 4.74 Å². The highest BCUT2D eigenvalue weighted by Gasteiger charge is 2.48. The van der Waals surface area contributed by atoms with E-state index in [4.69, 9.17) is 4.74 Å². The molecule has 0 bridgehead atoms. The lowest BCUT2D eigenvalue weighted by Gasteiger charge is -2.11. The molecule has 0 atom stereocenters. The van der Waals surface area contributed by atoms with Crippen molar-refractivity contribution in [3.8, 4) is 5.75 Å². The van der Waals surface area contributed by atoms with Crippen LogP contribution in [0.5, 0.6) is 5.75 Å². The molecule has 0 amide bonds. The van der Waals surface area contributed by atoms with Crippen LogP contribution in [0.25, 0.3) is 11.1 Å². The SMILES string of the molecule is COc1c(F)cc(C2=C(c3ccc(S(=O)(=O)C(F)F)cc3)CC3(CC3)C2)cc1F. The van der Waals surface area contributed by atoms with E-state index in [2.05, 4.69) is 0 Å². The van der Waals surface area contributed by atoms with E-state index in [0.717, 1.165) is 36.1 Å². The summed E-state index contributed by atoms with van der Waals surface area (Å²) in [6, 6.07) is 7.70. The minimum Gasteiger partial charge on any atom is -0.491 e. The molecule has 2 aliphatic carbocycles. The molecule has 3 nitrogen and oxygen atoms in total. The average Bonchev–Trinajstić information content (AvgIpc) is 3.31. The van der Waals surface area contributed by atoms with Gasteiger partial charge in [-0.25, -0.2) is 17.2 Å². The van der Waals surface area contributed by atoms with Crippen molar-refractivity contribution in [3.05, 3.63) is 59.2 Å². The smallest absolute Gasteiger partial charge is 0.341 e. The first-order valence-electron chi connectivity index (χ1n) is 9.05. The predicted octanol–water partition coefficient (Wildman–Crippen LogP) is 5.45. The van der Waals surface area contributed by atoms with E-state index >= 15 is 0 Å². The molecule has 29 heavy (non-hydrogen) atoms. The first kappa shape index (κ1) is 19.9. The Balaban J connectivity index is 1.78. The standard InChI is InChI=1S/C21H18F4O3S/c1-28-19-17(22)8-13(9-18(19)23)16-11-21(6-7-21)10-15(16)12-2-4-14(5-3-12)29(26,27)20(24)25/h2-5,8-9,20H,6-7,10-11H2,1H3. The van der Waals surface area contributed by atoms with E-state index < -0.39 is 37.9 Å². The van der Waals surface area contributed by atoms with Crippen LogP contribution in [-0.4, -0.2) is 21.3 Å². The normalized spacial score (nSPS) is 18.0. The van der Waals surface area contributed by atoms with Gasteiger partial charge in [-0.05, 0) is 77.6 Å². The molecule has 0 aromatic heterocycles. The Morgan fingerprint density at radius 1 is 0.931 bits per heavy atom. The molecular formula is C21H18F4O3S. The van der Waals surface area contributed by atoms with Crippen molar-refractivity contribution in [2.45, 2.75) is 36.3 Å². The Labute approximate surface area is 165 Å². The fourth-order valence-corrected chi connectivity index (χ4v) is 4.71. The molecule has 4 rings (SSSR count). The van der Waals surface area contributed by atoms with Gasteiger partial charge in [0.05, 0.1) is 12.0 Å². The van der Waals surface area contributed by atoms with Crippen molar-refractivity contribution >= 4 is 21.0 Å². The number of alkyl halides is 2. The summed E-state index contributed by atoms with van der Waals surface area (Å²) >= 11 is 0. The lowest BCUT2D eigenvalue weighted by molar-refractivity contribution is 0.234. The number of hydrogen-bond donors (Lipinski definition) is 0. The van der Waals surface area contributed by atoms with Gasteiger partial charge in [0.15, 0.2) is 17.4 Å². The van der Waals surface area contributed by atoms with Gasteiger partial charge in [0, 0.05) is 0 Å². The maximum absolute atomic E-state index is 14.2. The monoisotopic (exact) mass is 426 g/mol. The van der Waals surface area contributed by atoms with Gasteiger partial charge >= 0.3 is 5.76 Å². The summed E-state index contributed by atoms with van der Waals surface area (Å²) in [5.41, 5.74) is 2.77. The summed E-state index contributed by atoms with van der Waals surface area (Å²) in [5.74, 6) is -5.54. The van der Waals surface area contributed by atoms with Gasteiger partial charge in [0.25, 0.3) is 0 Å². The Morgan fingerprint density at radius 2 is 1.45 bits per heavy atom. The number of methoxy groups -OCH3 is 1. The molecule has 1 saturated carbocycles. The molecular weight excluding hydrogens is 408 g/mol. The molecule has 0 N–H and O–H groups in total.